The molecule has 1 radical (unpaired) electrons. The first-order valence-electron chi connectivity index (χ1n) is 5.24. The molecule has 0 atom stereocenters. The Bertz CT molecular complexity index is 427. The summed E-state index contributed by atoms with van der Waals surface area (Å²) in [6.45, 7) is 4.31. The Kier molecular flexibility index (Phi) is 2.86. The molecule has 0 heterocycles. The molecule has 0 aliphatic rings. The number of hydrogen-bond acceptors (Lipinski definition) is 0. The number of rotatable bonds is 2. The third-order valence-electron chi connectivity index (χ3n) is 2.55. The van der Waals surface area contributed by atoms with Crippen LogP contribution in [0.1, 0.15) is 19.4 Å². The predicted octanol–water partition coefficient (Wildman–Crippen LogP) is 4.32. The molecule has 0 aliphatic carbocycles. The average molecular weight is 195 g/mol. The fourth-order valence-corrected chi connectivity index (χ4v) is 1.79. The highest BCUT2D eigenvalue weighted by Crippen LogP contribution is 2.27. The summed E-state index contributed by atoms with van der Waals surface area (Å²) < 4.78 is 0. The van der Waals surface area contributed by atoms with Crippen molar-refractivity contribution in [3.8, 4) is 11.1 Å². The van der Waals surface area contributed by atoms with Crippen LogP contribution in [0, 0.1) is 5.92 Å². The summed E-state index contributed by atoms with van der Waals surface area (Å²) in [6, 6.07) is 19.1. The zero-order valence-electron chi connectivity index (χ0n) is 9.20. The van der Waals surface area contributed by atoms with E-state index in [0.29, 0.717) is 0 Å². The van der Waals surface area contributed by atoms with Crippen LogP contribution >= 0.6 is 0 Å². The van der Waals surface area contributed by atoms with E-state index in [2.05, 4.69) is 68.4 Å². The molecule has 0 unspecified atom stereocenters. The molecule has 0 nitrogen and oxygen atoms in total. The van der Waals surface area contributed by atoms with Gasteiger partial charge in [0.15, 0.2) is 0 Å². The molecule has 2 aromatic rings. The molecule has 15 heavy (non-hydrogen) atoms. The number of hydrogen-bond donors (Lipinski definition) is 0. The zero-order chi connectivity index (χ0) is 10.7. The molecule has 0 bridgehead atoms. The van der Waals surface area contributed by atoms with Crippen LogP contribution in [-0.4, -0.2) is 0 Å². The topological polar surface area (TPSA) is 0 Å². The highest BCUT2D eigenvalue weighted by Gasteiger charge is 2.06. The Hall–Kier alpha value is -1.56. The summed E-state index contributed by atoms with van der Waals surface area (Å²) in [6.07, 6.45) is 0. The van der Waals surface area contributed by atoms with E-state index in [1.807, 2.05) is 0 Å². The Balaban J connectivity index is 2.53. The lowest BCUT2D eigenvalue weighted by atomic mass is 9.93. The minimum atomic E-state index is 1.29. The molecule has 0 fully saturated rings. The van der Waals surface area contributed by atoms with E-state index in [-0.39, 0.29) is 0 Å². The maximum atomic E-state index is 2.18. The zero-order valence-corrected chi connectivity index (χ0v) is 9.20. The summed E-state index contributed by atoms with van der Waals surface area (Å²) in [5.41, 5.74) is 3.94. The minimum absolute atomic E-state index is 1.29. The molecule has 0 aliphatic heterocycles. The predicted molar refractivity (Wildman–Crippen MR) is 65.6 cm³/mol. The van der Waals surface area contributed by atoms with Gasteiger partial charge in [0, 0.05) is 0 Å². The van der Waals surface area contributed by atoms with Crippen molar-refractivity contribution in [2.45, 2.75) is 13.8 Å². The van der Waals surface area contributed by atoms with Gasteiger partial charge < -0.3 is 0 Å². The van der Waals surface area contributed by atoms with Gasteiger partial charge in [-0.05, 0) is 22.6 Å². The summed E-state index contributed by atoms with van der Waals surface area (Å²) in [5, 5.41) is 0. The van der Waals surface area contributed by atoms with Crippen molar-refractivity contribution in [2.75, 3.05) is 0 Å². The van der Waals surface area contributed by atoms with Crippen LogP contribution in [0.3, 0.4) is 0 Å². The maximum Gasteiger partial charge on any atom is -0.000568 e. The van der Waals surface area contributed by atoms with Crippen molar-refractivity contribution >= 4 is 0 Å². The second kappa shape index (κ2) is 4.31. The third-order valence-corrected chi connectivity index (χ3v) is 2.55. The lowest BCUT2D eigenvalue weighted by Crippen LogP contribution is -1.92. The van der Waals surface area contributed by atoms with E-state index < -0.39 is 0 Å². The third kappa shape index (κ3) is 2.10. The minimum Gasteiger partial charge on any atom is -0.0622 e. The van der Waals surface area contributed by atoms with Gasteiger partial charge in [-0.1, -0.05) is 68.4 Å². The normalized spacial score (nSPS) is 10.6. The van der Waals surface area contributed by atoms with Crippen LogP contribution < -0.4 is 0 Å². The van der Waals surface area contributed by atoms with E-state index in [0.717, 1.165) is 0 Å². The fraction of sp³-hybridized carbons (Fsp3) is 0.133. The van der Waals surface area contributed by atoms with Crippen LogP contribution in [0.25, 0.3) is 11.1 Å². The molecular weight excluding hydrogens is 180 g/mol. The van der Waals surface area contributed by atoms with Gasteiger partial charge in [-0.3, -0.25) is 0 Å². The van der Waals surface area contributed by atoms with Crippen LogP contribution in [0.4, 0.5) is 0 Å². The molecule has 0 saturated carbocycles. The summed E-state index contributed by atoms with van der Waals surface area (Å²) in [5.74, 6) is 1.36. The first-order valence-corrected chi connectivity index (χ1v) is 5.24. The quantitative estimate of drug-likeness (QED) is 0.669. The molecule has 2 rings (SSSR count). The largest absolute Gasteiger partial charge is 0.0622 e. The second-order valence-corrected chi connectivity index (χ2v) is 3.91. The van der Waals surface area contributed by atoms with Crippen LogP contribution in [-0.2, 0) is 0 Å². The van der Waals surface area contributed by atoms with Crippen LogP contribution in [0.2, 0.25) is 0 Å². The fourth-order valence-electron chi connectivity index (χ4n) is 1.79. The Morgan fingerprint density at radius 2 is 1.33 bits per heavy atom. The first-order chi connectivity index (χ1) is 7.29. The van der Waals surface area contributed by atoms with Gasteiger partial charge in [-0.2, -0.15) is 0 Å². The monoisotopic (exact) mass is 195 g/mol. The van der Waals surface area contributed by atoms with Gasteiger partial charge in [0.2, 0.25) is 0 Å². The van der Waals surface area contributed by atoms with E-state index in [4.69, 9.17) is 0 Å². The molecule has 0 N–H and O–H groups in total. The van der Waals surface area contributed by atoms with Crippen molar-refractivity contribution in [1.82, 2.24) is 0 Å². The van der Waals surface area contributed by atoms with Crippen molar-refractivity contribution in [1.29, 1.82) is 0 Å². The van der Waals surface area contributed by atoms with Gasteiger partial charge in [-0.15, -0.1) is 0 Å². The Morgan fingerprint density at radius 1 is 0.733 bits per heavy atom. The first kappa shape index (κ1) is 9.97. The maximum absolute atomic E-state index is 2.18. The molecule has 0 saturated heterocycles. The Morgan fingerprint density at radius 3 is 2.00 bits per heavy atom. The summed E-state index contributed by atoms with van der Waals surface area (Å²) >= 11 is 0. The molecular formula is C15H15. The van der Waals surface area contributed by atoms with E-state index in [1.165, 1.54) is 22.6 Å². The summed E-state index contributed by atoms with van der Waals surface area (Å²) in [4.78, 5) is 0. The SMILES string of the molecule is C[C](C)c1ccccc1-c1ccccc1. The molecule has 0 heteroatoms. The molecule has 75 valence electrons. The van der Waals surface area contributed by atoms with E-state index in [1.54, 1.807) is 0 Å². The van der Waals surface area contributed by atoms with Crippen molar-refractivity contribution in [3.63, 3.8) is 0 Å². The van der Waals surface area contributed by atoms with Gasteiger partial charge >= 0.3 is 0 Å². The van der Waals surface area contributed by atoms with Crippen LogP contribution in [0.5, 0.6) is 0 Å². The average Bonchev–Trinajstić information content (AvgIpc) is 2.30. The van der Waals surface area contributed by atoms with Gasteiger partial charge in [0.1, 0.15) is 0 Å². The van der Waals surface area contributed by atoms with Gasteiger partial charge in [-0.25, -0.2) is 0 Å². The van der Waals surface area contributed by atoms with Gasteiger partial charge in [0.25, 0.3) is 0 Å². The second-order valence-electron chi connectivity index (χ2n) is 3.91. The highest BCUT2D eigenvalue weighted by molar-refractivity contribution is 5.69. The Labute approximate surface area is 91.6 Å². The standard InChI is InChI=1S/C15H15/c1-12(2)14-10-6-7-11-15(14)13-8-4-3-5-9-13/h3-11H,1-2H3. The smallest absolute Gasteiger partial charge is 0.000568 e. The van der Waals surface area contributed by atoms with Gasteiger partial charge in [0.05, 0.1) is 0 Å². The van der Waals surface area contributed by atoms with E-state index in [9.17, 15) is 0 Å². The molecule has 0 spiro atoms. The van der Waals surface area contributed by atoms with Crippen molar-refractivity contribution < 1.29 is 0 Å². The van der Waals surface area contributed by atoms with Crippen LogP contribution in [0.15, 0.2) is 54.6 Å². The highest BCUT2D eigenvalue weighted by atomic mass is 14.1. The molecule has 0 amide bonds. The van der Waals surface area contributed by atoms with Crippen molar-refractivity contribution in [2.24, 2.45) is 0 Å². The number of benzene rings is 2. The molecule has 2 aromatic carbocycles. The lowest BCUT2D eigenvalue weighted by molar-refractivity contribution is 1.15. The van der Waals surface area contributed by atoms with E-state index >= 15 is 0 Å². The summed E-state index contributed by atoms with van der Waals surface area (Å²) in [7, 11) is 0. The van der Waals surface area contributed by atoms with Crippen molar-refractivity contribution in [3.05, 3.63) is 66.1 Å². The molecule has 0 aromatic heterocycles. The lowest BCUT2D eigenvalue weighted by Gasteiger charge is -2.11.